The molecule has 0 bridgehead atoms. The number of benzene rings is 1. The van der Waals surface area contributed by atoms with E-state index in [0.717, 1.165) is 42.4 Å². The molecular formula is C19H21N3O4S. The molecule has 1 unspecified atom stereocenters. The van der Waals surface area contributed by atoms with Crippen molar-refractivity contribution in [3.63, 3.8) is 0 Å². The fourth-order valence-corrected chi connectivity index (χ4v) is 4.27. The second-order valence-corrected chi connectivity index (χ2v) is 7.56. The lowest BCUT2D eigenvalue weighted by Gasteiger charge is -2.11. The Labute approximate surface area is 159 Å². The van der Waals surface area contributed by atoms with Crippen molar-refractivity contribution in [3.05, 3.63) is 56.3 Å². The summed E-state index contributed by atoms with van der Waals surface area (Å²) >= 11 is 1.42. The minimum Gasteiger partial charge on any atom is -0.423 e. The Morgan fingerprint density at radius 2 is 2.22 bits per heavy atom. The molecule has 0 spiro atoms. The summed E-state index contributed by atoms with van der Waals surface area (Å²) in [6.07, 6.45) is 2.90. The zero-order valence-corrected chi connectivity index (χ0v) is 15.9. The van der Waals surface area contributed by atoms with Crippen LogP contribution in [0.25, 0.3) is 11.0 Å². The van der Waals surface area contributed by atoms with Crippen molar-refractivity contribution in [3.8, 4) is 0 Å². The number of hydrogen-bond donors (Lipinski definition) is 1. The number of thioether (sulfide) groups is 1. The van der Waals surface area contributed by atoms with E-state index >= 15 is 0 Å². The maximum Gasteiger partial charge on any atom is 0.344 e. The molecule has 1 aliphatic heterocycles. The third kappa shape index (κ3) is 3.86. The van der Waals surface area contributed by atoms with Crippen molar-refractivity contribution in [1.82, 2.24) is 14.8 Å². The number of aromatic amines is 1. The molecule has 1 aromatic carbocycles. The number of fused-ring (bicyclic) bond motifs is 1. The summed E-state index contributed by atoms with van der Waals surface area (Å²) in [4.78, 5) is 24.0. The third-order valence-corrected chi connectivity index (χ3v) is 5.82. The van der Waals surface area contributed by atoms with Crippen LogP contribution in [0.2, 0.25) is 0 Å². The largest absolute Gasteiger partial charge is 0.423 e. The van der Waals surface area contributed by atoms with E-state index in [1.165, 1.54) is 17.8 Å². The fourth-order valence-electron chi connectivity index (χ4n) is 3.32. The summed E-state index contributed by atoms with van der Waals surface area (Å²) in [6.45, 7) is 3.30. The van der Waals surface area contributed by atoms with Gasteiger partial charge in [-0.2, -0.15) is 0 Å². The first-order valence-electron chi connectivity index (χ1n) is 9.09. The van der Waals surface area contributed by atoms with E-state index in [9.17, 15) is 9.59 Å². The van der Waals surface area contributed by atoms with Crippen molar-refractivity contribution in [2.24, 2.45) is 0 Å². The average molecular weight is 387 g/mol. The van der Waals surface area contributed by atoms with E-state index in [2.05, 4.69) is 17.1 Å². The molecule has 7 nitrogen and oxygen atoms in total. The molecule has 1 aliphatic rings. The molecule has 0 saturated carbocycles. The SMILES string of the molecule is CCc1ccc2c(CSc3n[nH]c(=O)n3CC3CCCO3)cc(=O)oc2c1. The molecule has 0 amide bonds. The number of H-pyrrole nitrogens is 1. The van der Waals surface area contributed by atoms with Crippen LogP contribution in [0.15, 0.2) is 43.4 Å². The second-order valence-electron chi connectivity index (χ2n) is 6.62. The molecule has 1 fully saturated rings. The monoisotopic (exact) mass is 387 g/mol. The van der Waals surface area contributed by atoms with Gasteiger partial charge in [0.1, 0.15) is 5.58 Å². The van der Waals surface area contributed by atoms with Crippen LogP contribution < -0.4 is 11.3 Å². The van der Waals surface area contributed by atoms with Gasteiger partial charge in [0, 0.05) is 23.8 Å². The molecule has 2 aromatic heterocycles. The van der Waals surface area contributed by atoms with E-state index < -0.39 is 0 Å². The van der Waals surface area contributed by atoms with Crippen LogP contribution in [0.3, 0.4) is 0 Å². The standard InChI is InChI=1S/C19H21N3O4S/c1-2-12-5-6-15-13(9-17(23)26-16(15)8-12)11-27-19-21-20-18(24)22(19)10-14-4-3-7-25-14/h5-6,8-9,14H,2-4,7,10-11H2,1H3,(H,20,24). The van der Waals surface area contributed by atoms with Gasteiger partial charge >= 0.3 is 11.3 Å². The summed E-state index contributed by atoms with van der Waals surface area (Å²) in [5, 5.41) is 8.15. The highest BCUT2D eigenvalue weighted by Gasteiger charge is 2.20. The van der Waals surface area contributed by atoms with Crippen LogP contribution in [0.1, 0.15) is 30.9 Å². The highest BCUT2D eigenvalue weighted by atomic mass is 32.2. The Bertz CT molecular complexity index is 1060. The number of aromatic nitrogens is 3. The summed E-state index contributed by atoms with van der Waals surface area (Å²) in [5.41, 5.74) is 1.97. The Hall–Kier alpha value is -2.32. The van der Waals surface area contributed by atoms with E-state index in [1.54, 1.807) is 4.57 Å². The maximum atomic E-state index is 12.1. The van der Waals surface area contributed by atoms with Gasteiger partial charge in [0.15, 0.2) is 5.16 Å². The van der Waals surface area contributed by atoms with Gasteiger partial charge in [0.25, 0.3) is 0 Å². The van der Waals surface area contributed by atoms with Crippen molar-refractivity contribution in [1.29, 1.82) is 0 Å². The zero-order chi connectivity index (χ0) is 18.8. The van der Waals surface area contributed by atoms with Gasteiger partial charge < -0.3 is 9.15 Å². The van der Waals surface area contributed by atoms with Gasteiger partial charge in [-0.15, -0.1) is 5.10 Å². The van der Waals surface area contributed by atoms with Crippen LogP contribution in [0.5, 0.6) is 0 Å². The molecule has 0 radical (unpaired) electrons. The Kier molecular flexibility index (Phi) is 5.18. The van der Waals surface area contributed by atoms with Gasteiger partial charge in [0.05, 0.1) is 12.6 Å². The Morgan fingerprint density at radius 3 is 3.00 bits per heavy atom. The zero-order valence-electron chi connectivity index (χ0n) is 15.1. The predicted octanol–water partition coefficient (Wildman–Crippen LogP) is 2.71. The maximum absolute atomic E-state index is 12.1. The lowest BCUT2D eigenvalue weighted by molar-refractivity contribution is 0.0941. The highest BCUT2D eigenvalue weighted by molar-refractivity contribution is 7.98. The first-order valence-corrected chi connectivity index (χ1v) is 10.1. The summed E-state index contributed by atoms with van der Waals surface area (Å²) in [5.74, 6) is 0.517. The summed E-state index contributed by atoms with van der Waals surface area (Å²) < 4.78 is 12.6. The van der Waals surface area contributed by atoms with Crippen molar-refractivity contribution >= 4 is 22.7 Å². The smallest absolute Gasteiger partial charge is 0.344 e. The molecule has 4 rings (SSSR count). The fraction of sp³-hybridized carbons (Fsp3) is 0.421. The van der Waals surface area contributed by atoms with Crippen LogP contribution >= 0.6 is 11.8 Å². The summed E-state index contributed by atoms with van der Waals surface area (Å²) in [6, 6.07) is 7.44. The number of hydrogen-bond acceptors (Lipinski definition) is 6. The predicted molar refractivity (Wildman–Crippen MR) is 103 cm³/mol. The molecule has 1 atom stereocenters. The average Bonchev–Trinajstić information content (AvgIpc) is 3.30. The molecule has 3 heterocycles. The minimum atomic E-state index is -0.370. The molecule has 8 heteroatoms. The van der Waals surface area contributed by atoms with E-state index in [0.29, 0.717) is 23.0 Å². The molecule has 27 heavy (non-hydrogen) atoms. The van der Waals surface area contributed by atoms with Crippen LogP contribution in [-0.2, 0) is 23.5 Å². The van der Waals surface area contributed by atoms with E-state index in [1.807, 2.05) is 18.2 Å². The van der Waals surface area contributed by atoms with Crippen LogP contribution in [0, 0.1) is 0 Å². The molecular weight excluding hydrogens is 366 g/mol. The minimum absolute atomic E-state index is 0.0525. The number of ether oxygens (including phenoxy) is 1. The number of nitrogens with zero attached hydrogens (tertiary/aromatic N) is 2. The Balaban J connectivity index is 1.59. The van der Waals surface area contributed by atoms with Gasteiger partial charge in [-0.3, -0.25) is 4.57 Å². The molecule has 1 saturated heterocycles. The number of aryl methyl sites for hydroxylation is 1. The van der Waals surface area contributed by atoms with Gasteiger partial charge in [0.2, 0.25) is 0 Å². The van der Waals surface area contributed by atoms with Crippen molar-refractivity contribution in [2.45, 2.75) is 49.7 Å². The van der Waals surface area contributed by atoms with Gasteiger partial charge in [-0.25, -0.2) is 14.7 Å². The van der Waals surface area contributed by atoms with Gasteiger partial charge in [-0.05, 0) is 36.5 Å². The van der Waals surface area contributed by atoms with Crippen molar-refractivity contribution in [2.75, 3.05) is 6.61 Å². The first-order chi connectivity index (χ1) is 13.1. The normalized spacial score (nSPS) is 17.0. The lowest BCUT2D eigenvalue weighted by atomic mass is 10.1. The summed E-state index contributed by atoms with van der Waals surface area (Å²) in [7, 11) is 0. The molecule has 0 aliphatic carbocycles. The number of rotatable bonds is 6. The van der Waals surface area contributed by atoms with Gasteiger partial charge in [-0.1, -0.05) is 30.8 Å². The van der Waals surface area contributed by atoms with Crippen LogP contribution in [0.4, 0.5) is 0 Å². The Morgan fingerprint density at radius 1 is 1.33 bits per heavy atom. The topological polar surface area (TPSA) is 90.1 Å². The second kappa shape index (κ2) is 7.74. The lowest BCUT2D eigenvalue weighted by Crippen LogP contribution is -2.24. The van der Waals surface area contributed by atoms with Crippen molar-refractivity contribution < 1.29 is 9.15 Å². The third-order valence-electron chi connectivity index (χ3n) is 4.79. The van der Waals surface area contributed by atoms with E-state index in [4.69, 9.17) is 9.15 Å². The quantitative estimate of drug-likeness (QED) is 0.517. The molecule has 142 valence electrons. The van der Waals surface area contributed by atoms with E-state index in [-0.39, 0.29) is 17.4 Å². The highest BCUT2D eigenvalue weighted by Crippen LogP contribution is 2.26. The number of nitrogens with one attached hydrogen (secondary N) is 1. The molecule has 1 N–H and O–H groups in total. The first kappa shape index (κ1) is 18.1. The molecule has 3 aromatic rings. The van der Waals surface area contributed by atoms with Crippen LogP contribution in [-0.4, -0.2) is 27.5 Å².